The molecule has 0 unspecified atom stereocenters. The van der Waals surface area contributed by atoms with Crippen LogP contribution in [0.2, 0.25) is 0 Å². The molecule has 1 heterocycles. The molecule has 0 saturated carbocycles. The van der Waals surface area contributed by atoms with Crippen molar-refractivity contribution in [3.63, 3.8) is 0 Å². The predicted molar refractivity (Wildman–Crippen MR) is 78.2 cm³/mol. The summed E-state index contributed by atoms with van der Waals surface area (Å²) in [6.07, 6.45) is -3.49. The molecule has 1 aromatic heterocycles. The van der Waals surface area contributed by atoms with E-state index in [0.29, 0.717) is 5.56 Å². The maximum absolute atomic E-state index is 13.1. The van der Waals surface area contributed by atoms with Gasteiger partial charge in [0.05, 0.1) is 23.8 Å². The first kappa shape index (κ1) is 16.0. The summed E-state index contributed by atoms with van der Waals surface area (Å²) in [5.41, 5.74) is 0.468. The lowest BCUT2D eigenvalue weighted by molar-refractivity contribution is -0.274. The van der Waals surface area contributed by atoms with Crippen molar-refractivity contribution in [3.8, 4) is 5.75 Å². The molecular weight excluding hydrogens is 328 g/mol. The number of aromatic nitrogens is 2. The summed E-state index contributed by atoms with van der Waals surface area (Å²) in [5, 5.41) is 0.260. The Labute approximate surface area is 132 Å². The Balaban J connectivity index is 1.86. The zero-order chi connectivity index (χ0) is 17.3. The first-order chi connectivity index (χ1) is 11.3. The van der Waals surface area contributed by atoms with Crippen LogP contribution in [0, 0.1) is 5.82 Å². The van der Waals surface area contributed by atoms with Gasteiger partial charge >= 0.3 is 6.36 Å². The molecular formula is C16H10F4N2O2. The molecule has 124 valence electrons. The molecule has 0 aliphatic rings. The highest BCUT2D eigenvalue weighted by atomic mass is 19.4. The number of halogens is 4. The predicted octanol–water partition coefficient (Wildman–Crippen LogP) is 3.48. The van der Waals surface area contributed by atoms with Gasteiger partial charge in [-0.05, 0) is 29.8 Å². The molecule has 0 aliphatic heterocycles. The summed E-state index contributed by atoms with van der Waals surface area (Å²) in [6.45, 7) is 0.117. The Morgan fingerprint density at radius 3 is 2.46 bits per heavy atom. The third-order valence-electron chi connectivity index (χ3n) is 3.30. The molecule has 0 amide bonds. The molecule has 0 bridgehead atoms. The van der Waals surface area contributed by atoms with E-state index in [9.17, 15) is 22.4 Å². The zero-order valence-electron chi connectivity index (χ0n) is 12.0. The molecule has 0 fully saturated rings. The zero-order valence-corrected chi connectivity index (χ0v) is 12.0. The first-order valence-electron chi connectivity index (χ1n) is 6.81. The maximum Gasteiger partial charge on any atom is 0.573 e. The SMILES string of the molecule is O=c1c2ccc(F)cc2ncn1Cc1ccc(OC(F)(F)F)cc1. The molecule has 3 aromatic rings. The third kappa shape index (κ3) is 3.53. The smallest absolute Gasteiger partial charge is 0.406 e. The van der Waals surface area contributed by atoms with E-state index in [1.54, 1.807) is 0 Å². The van der Waals surface area contributed by atoms with Gasteiger partial charge in [0.1, 0.15) is 11.6 Å². The van der Waals surface area contributed by atoms with E-state index in [4.69, 9.17) is 0 Å². The number of rotatable bonds is 3. The van der Waals surface area contributed by atoms with Gasteiger partial charge in [-0.15, -0.1) is 13.2 Å². The van der Waals surface area contributed by atoms with Crippen molar-refractivity contribution < 1.29 is 22.3 Å². The minimum absolute atomic E-state index is 0.117. The summed E-state index contributed by atoms with van der Waals surface area (Å²) in [4.78, 5) is 16.3. The molecule has 0 atom stereocenters. The lowest BCUT2D eigenvalue weighted by atomic mass is 10.2. The molecule has 0 spiro atoms. The summed E-state index contributed by atoms with van der Waals surface area (Å²) >= 11 is 0. The standard InChI is InChI=1S/C16H10F4N2O2/c17-11-3-6-13-14(7-11)21-9-22(15(13)23)8-10-1-4-12(5-2-10)24-16(18,19)20/h1-7,9H,8H2. The summed E-state index contributed by atoms with van der Waals surface area (Å²) < 4.78 is 54.6. The van der Waals surface area contributed by atoms with Crippen molar-refractivity contribution >= 4 is 10.9 Å². The second-order valence-electron chi connectivity index (χ2n) is 5.03. The number of benzene rings is 2. The minimum atomic E-state index is -4.75. The molecule has 4 nitrogen and oxygen atoms in total. The lowest BCUT2D eigenvalue weighted by Crippen LogP contribution is -2.21. The van der Waals surface area contributed by atoms with Crippen molar-refractivity contribution in [3.05, 3.63) is 70.5 Å². The number of fused-ring (bicyclic) bond motifs is 1. The highest BCUT2D eigenvalue weighted by molar-refractivity contribution is 5.77. The van der Waals surface area contributed by atoms with E-state index < -0.39 is 12.2 Å². The van der Waals surface area contributed by atoms with E-state index in [0.717, 1.165) is 18.2 Å². The highest BCUT2D eigenvalue weighted by Gasteiger charge is 2.30. The second-order valence-corrected chi connectivity index (χ2v) is 5.03. The van der Waals surface area contributed by atoms with Crippen molar-refractivity contribution in [1.29, 1.82) is 0 Å². The van der Waals surface area contributed by atoms with Crippen LogP contribution in [0.3, 0.4) is 0 Å². The van der Waals surface area contributed by atoms with Gasteiger partial charge in [-0.3, -0.25) is 9.36 Å². The van der Waals surface area contributed by atoms with Gasteiger partial charge in [0.2, 0.25) is 0 Å². The van der Waals surface area contributed by atoms with Crippen molar-refractivity contribution in [2.24, 2.45) is 0 Å². The van der Waals surface area contributed by atoms with Gasteiger partial charge in [0, 0.05) is 6.07 Å². The van der Waals surface area contributed by atoms with Gasteiger partial charge in [-0.2, -0.15) is 0 Å². The van der Waals surface area contributed by atoms with Gasteiger partial charge in [-0.1, -0.05) is 12.1 Å². The molecule has 8 heteroatoms. The van der Waals surface area contributed by atoms with Crippen molar-refractivity contribution in [2.45, 2.75) is 12.9 Å². The normalized spacial score (nSPS) is 11.7. The third-order valence-corrected chi connectivity index (χ3v) is 3.30. The van der Waals surface area contributed by atoms with E-state index in [1.807, 2.05) is 0 Å². The lowest BCUT2D eigenvalue weighted by Gasteiger charge is -2.10. The fourth-order valence-corrected chi connectivity index (χ4v) is 2.24. The van der Waals surface area contributed by atoms with Gasteiger partial charge in [0.25, 0.3) is 5.56 Å². The van der Waals surface area contributed by atoms with Crippen LogP contribution in [0.15, 0.2) is 53.6 Å². The Hall–Kier alpha value is -2.90. The first-order valence-corrected chi connectivity index (χ1v) is 6.81. The molecule has 3 rings (SSSR count). The average Bonchev–Trinajstić information content (AvgIpc) is 2.50. The largest absolute Gasteiger partial charge is 0.573 e. The van der Waals surface area contributed by atoms with Crippen LogP contribution in [0.25, 0.3) is 10.9 Å². The Morgan fingerprint density at radius 2 is 1.79 bits per heavy atom. The number of ether oxygens (including phenoxy) is 1. The van der Waals surface area contributed by atoms with Crippen molar-refractivity contribution in [1.82, 2.24) is 9.55 Å². The molecule has 0 aliphatic carbocycles. The van der Waals surface area contributed by atoms with Crippen LogP contribution in [-0.2, 0) is 6.54 Å². The van der Waals surface area contributed by atoms with Crippen LogP contribution in [0.5, 0.6) is 5.75 Å². The number of hydrogen-bond acceptors (Lipinski definition) is 3. The van der Waals surface area contributed by atoms with Crippen LogP contribution in [0.4, 0.5) is 17.6 Å². The fraction of sp³-hybridized carbons (Fsp3) is 0.125. The highest BCUT2D eigenvalue weighted by Crippen LogP contribution is 2.22. The van der Waals surface area contributed by atoms with Crippen LogP contribution < -0.4 is 10.3 Å². The molecule has 0 radical (unpaired) electrons. The summed E-state index contributed by atoms with van der Waals surface area (Å²) in [7, 11) is 0. The number of alkyl halides is 3. The number of nitrogens with zero attached hydrogens (tertiary/aromatic N) is 2. The second kappa shape index (κ2) is 5.95. The van der Waals surface area contributed by atoms with E-state index in [2.05, 4.69) is 9.72 Å². The van der Waals surface area contributed by atoms with E-state index >= 15 is 0 Å². The van der Waals surface area contributed by atoms with Crippen LogP contribution in [0.1, 0.15) is 5.56 Å². The summed E-state index contributed by atoms with van der Waals surface area (Å²) in [6, 6.07) is 8.83. The molecule has 0 N–H and O–H groups in total. The maximum atomic E-state index is 13.1. The Bertz CT molecular complexity index is 933. The Kier molecular flexibility index (Phi) is 3.96. The monoisotopic (exact) mass is 338 g/mol. The fourth-order valence-electron chi connectivity index (χ4n) is 2.24. The quantitative estimate of drug-likeness (QED) is 0.687. The molecule has 2 aromatic carbocycles. The Morgan fingerprint density at radius 1 is 1.08 bits per heavy atom. The van der Waals surface area contributed by atoms with Crippen LogP contribution >= 0.6 is 0 Å². The van der Waals surface area contributed by atoms with Gasteiger partial charge in [-0.25, -0.2) is 9.37 Å². The number of hydrogen-bond donors (Lipinski definition) is 0. The van der Waals surface area contributed by atoms with Crippen LogP contribution in [-0.4, -0.2) is 15.9 Å². The topological polar surface area (TPSA) is 44.1 Å². The molecule has 0 saturated heterocycles. The van der Waals surface area contributed by atoms with E-state index in [-0.39, 0.29) is 28.8 Å². The molecule has 24 heavy (non-hydrogen) atoms. The minimum Gasteiger partial charge on any atom is -0.406 e. The van der Waals surface area contributed by atoms with E-state index in [1.165, 1.54) is 35.2 Å². The van der Waals surface area contributed by atoms with Crippen molar-refractivity contribution in [2.75, 3.05) is 0 Å². The average molecular weight is 338 g/mol. The summed E-state index contributed by atoms with van der Waals surface area (Å²) in [5.74, 6) is -0.835. The van der Waals surface area contributed by atoms with Gasteiger partial charge < -0.3 is 4.74 Å². The van der Waals surface area contributed by atoms with Gasteiger partial charge in [0.15, 0.2) is 0 Å².